The van der Waals surface area contributed by atoms with Crippen molar-refractivity contribution < 1.29 is 19.8 Å². The van der Waals surface area contributed by atoms with Gasteiger partial charge in [0.15, 0.2) is 0 Å². The van der Waals surface area contributed by atoms with E-state index in [0.717, 1.165) is 25.7 Å². The molecule has 1 atom stereocenters. The quantitative estimate of drug-likeness (QED) is 0.565. The molecule has 0 aromatic heterocycles. The number of carbonyl (C=O) groups is 2. The van der Waals surface area contributed by atoms with Crippen LogP contribution in [-0.2, 0) is 9.59 Å². The first-order chi connectivity index (χ1) is 7.57. The third-order valence-corrected chi connectivity index (χ3v) is 2.60. The Kier molecular flexibility index (Phi) is 8.58. The highest BCUT2D eigenvalue weighted by molar-refractivity contribution is 5.69. The van der Waals surface area contributed by atoms with Crippen molar-refractivity contribution in [3.63, 3.8) is 0 Å². The van der Waals surface area contributed by atoms with Gasteiger partial charge in [-0.15, -0.1) is 0 Å². The van der Waals surface area contributed by atoms with Crippen LogP contribution < -0.4 is 0 Å². The Balaban J connectivity index is 3.60. The van der Waals surface area contributed by atoms with Crippen LogP contribution in [0.1, 0.15) is 51.4 Å². The van der Waals surface area contributed by atoms with E-state index in [0.29, 0.717) is 19.3 Å². The molecular weight excluding hydrogens is 208 g/mol. The highest BCUT2D eigenvalue weighted by Crippen LogP contribution is 2.17. The molecule has 0 aromatic rings. The lowest BCUT2D eigenvalue weighted by atomic mass is 9.95. The Bertz CT molecular complexity index is 213. The van der Waals surface area contributed by atoms with Gasteiger partial charge >= 0.3 is 11.9 Å². The summed E-state index contributed by atoms with van der Waals surface area (Å²) in [5.41, 5.74) is 0. The molecular formula is C12H21O4. The molecule has 0 bridgehead atoms. The van der Waals surface area contributed by atoms with Crippen LogP contribution in [0.5, 0.6) is 0 Å². The molecule has 0 spiro atoms. The molecule has 0 aromatic carbocycles. The molecule has 0 fully saturated rings. The predicted octanol–water partition coefficient (Wildman–Crippen LogP) is 2.73. The van der Waals surface area contributed by atoms with Crippen LogP contribution in [0.25, 0.3) is 0 Å². The second-order valence-corrected chi connectivity index (χ2v) is 4.02. The first kappa shape index (κ1) is 14.9. The normalized spacial score (nSPS) is 12.3. The minimum Gasteiger partial charge on any atom is -0.481 e. The molecule has 1 radical (unpaired) electrons. The highest BCUT2D eigenvalue weighted by Gasteiger charge is 2.15. The summed E-state index contributed by atoms with van der Waals surface area (Å²) in [6.45, 7) is 3.69. The van der Waals surface area contributed by atoms with Crippen LogP contribution in [0.4, 0.5) is 0 Å². The van der Waals surface area contributed by atoms with Gasteiger partial charge in [0.1, 0.15) is 0 Å². The fraction of sp³-hybridized carbons (Fsp3) is 0.750. The van der Waals surface area contributed by atoms with E-state index in [-0.39, 0.29) is 12.3 Å². The van der Waals surface area contributed by atoms with Crippen molar-refractivity contribution in [3.05, 3.63) is 6.92 Å². The van der Waals surface area contributed by atoms with Gasteiger partial charge in [0.05, 0.1) is 5.92 Å². The fourth-order valence-corrected chi connectivity index (χ4v) is 1.63. The first-order valence-electron chi connectivity index (χ1n) is 5.81. The Morgan fingerprint density at radius 2 is 1.62 bits per heavy atom. The van der Waals surface area contributed by atoms with Gasteiger partial charge in [0, 0.05) is 6.42 Å². The number of hydrogen-bond acceptors (Lipinski definition) is 2. The van der Waals surface area contributed by atoms with Crippen LogP contribution in [0.15, 0.2) is 0 Å². The molecule has 0 saturated carbocycles. The lowest BCUT2D eigenvalue weighted by Crippen LogP contribution is -2.13. The van der Waals surface area contributed by atoms with Crippen molar-refractivity contribution in [2.24, 2.45) is 5.92 Å². The van der Waals surface area contributed by atoms with E-state index in [1.807, 2.05) is 0 Å². The highest BCUT2D eigenvalue weighted by atomic mass is 16.4. The minimum absolute atomic E-state index is 0.177. The number of aliphatic carboxylic acids is 2. The van der Waals surface area contributed by atoms with Gasteiger partial charge in [-0.05, 0) is 19.3 Å². The molecule has 0 amide bonds. The second kappa shape index (κ2) is 9.19. The Hall–Kier alpha value is -1.06. The number of carboxylic acid groups (broad SMARTS) is 2. The third kappa shape index (κ3) is 8.26. The molecule has 0 aliphatic carbocycles. The van der Waals surface area contributed by atoms with Crippen LogP contribution in [-0.4, -0.2) is 22.2 Å². The molecule has 93 valence electrons. The largest absolute Gasteiger partial charge is 0.481 e. The van der Waals surface area contributed by atoms with Crippen LogP contribution in [0, 0.1) is 12.8 Å². The lowest BCUT2D eigenvalue weighted by molar-refractivity contribution is -0.142. The summed E-state index contributed by atoms with van der Waals surface area (Å²) in [6, 6.07) is 0. The summed E-state index contributed by atoms with van der Waals surface area (Å²) in [4.78, 5) is 21.1. The van der Waals surface area contributed by atoms with E-state index >= 15 is 0 Å². The maximum atomic E-state index is 10.9. The van der Waals surface area contributed by atoms with Crippen molar-refractivity contribution >= 4 is 11.9 Å². The van der Waals surface area contributed by atoms with Crippen molar-refractivity contribution in [2.45, 2.75) is 51.4 Å². The van der Waals surface area contributed by atoms with Gasteiger partial charge in [0.2, 0.25) is 0 Å². The summed E-state index contributed by atoms with van der Waals surface area (Å²) in [7, 11) is 0. The van der Waals surface area contributed by atoms with Crippen LogP contribution in [0.3, 0.4) is 0 Å². The molecule has 1 unspecified atom stereocenters. The second-order valence-electron chi connectivity index (χ2n) is 4.02. The molecule has 0 saturated heterocycles. The van der Waals surface area contributed by atoms with Gasteiger partial charge in [-0.1, -0.05) is 32.6 Å². The van der Waals surface area contributed by atoms with E-state index in [4.69, 9.17) is 10.2 Å². The summed E-state index contributed by atoms with van der Waals surface area (Å²) < 4.78 is 0. The maximum absolute atomic E-state index is 10.9. The zero-order valence-electron chi connectivity index (χ0n) is 9.65. The summed E-state index contributed by atoms with van der Waals surface area (Å²) in [5, 5.41) is 17.4. The SMILES string of the molecule is [CH2]CCCC(CCCCCC(=O)O)C(=O)O. The number of unbranched alkanes of at least 4 members (excludes halogenated alkanes) is 3. The van der Waals surface area contributed by atoms with E-state index in [1.165, 1.54) is 0 Å². The smallest absolute Gasteiger partial charge is 0.306 e. The lowest BCUT2D eigenvalue weighted by Gasteiger charge is -2.10. The Morgan fingerprint density at radius 1 is 1.00 bits per heavy atom. The van der Waals surface area contributed by atoms with E-state index in [9.17, 15) is 9.59 Å². The summed E-state index contributed by atoms with van der Waals surface area (Å²) in [5.74, 6) is -1.81. The number of hydrogen-bond donors (Lipinski definition) is 2. The first-order valence-corrected chi connectivity index (χ1v) is 5.81. The summed E-state index contributed by atoms with van der Waals surface area (Å²) in [6.07, 6.45) is 5.33. The van der Waals surface area contributed by atoms with Crippen molar-refractivity contribution in [2.75, 3.05) is 0 Å². The molecule has 2 N–H and O–H groups in total. The Morgan fingerprint density at radius 3 is 2.12 bits per heavy atom. The number of carboxylic acids is 2. The zero-order chi connectivity index (χ0) is 12.4. The zero-order valence-corrected chi connectivity index (χ0v) is 9.65. The average Bonchev–Trinajstić information content (AvgIpc) is 2.21. The predicted molar refractivity (Wildman–Crippen MR) is 61.1 cm³/mol. The van der Waals surface area contributed by atoms with Crippen LogP contribution >= 0.6 is 0 Å². The molecule has 4 nitrogen and oxygen atoms in total. The van der Waals surface area contributed by atoms with Gasteiger partial charge < -0.3 is 10.2 Å². The molecule has 0 rings (SSSR count). The van der Waals surface area contributed by atoms with Crippen molar-refractivity contribution in [1.29, 1.82) is 0 Å². The monoisotopic (exact) mass is 229 g/mol. The van der Waals surface area contributed by atoms with E-state index in [1.54, 1.807) is 0 Å². The van der Waals surface area contributed by atoms with Gasteiger partial charge in [-0.25, -0.2) is 0 Å². The molecule has 4 heteroatoms. The minimum atomic E-state index is -0.785. The van der Waals surface area contributed by atoms with Crippen LogP contribution in [0.2, 0.25) is 0 Å². The Labute approximate surface area is 96.7 Å². The standard InChI is InChI=1S/C12H21O4/c1-2-3-7-10(12(15)16)8-5-4-6-9-11(13)14/h10H,1-9H2,(H,13,14)(H,15,16). The van der Waals surface area contributed by atoms with E-state index in [2.05, 4.69) is 6.92 Å². The summed E-state index contributed by atoms with van der Waals surface area (Å²) >= 11 is 0. The van der Waals surface area contributed by atoms with E-state index < -0.39 is 11.9 Å². The number of rotatable bonds is 10. The fourth-order valence-electron chi connectivity index (χ4n) is 1.63. The van der Waals surface area contributed by atoms with Crippen molar-refractivity contribution in [1.82, 2.24) is 0 Å². The topological polar surface area (TPSA) is 74.6 Å². The maximum Gasteiger partial charge on any atom is 0.306 e. The molecule has 0 heterocycles. The van der Waals surface area contributed by atoms with Gasteiger partial charge in [0.25, 0.3) is 0 Å². The van der Waals surface area contributed by atoms with Gasteiger partial charge in [-0.3, -0.25) is 9.59 Å². The third-order valence-electron chi connectivity index (χ3n) is 2.60. The molecule has 16 heavy (non-hydrogen) atoms. The molecule has 0 aliphatic rings. The average molecular weight is 229 g/mol. The van der Waals surface area contributed by atoms with Crippen molar-refractivity contribution in [3.8, 4) is 0 Å². The molecule has 0 aliphatic heterocycles. The van der Waals surface area contributed by atoms with Gasteiger partial charge in [-0.2, -0.15) is 0 Å².